The minimum atomic E-state index is -3.66. The molecule has 2 aromatic carbocycles. The Morgan fingerprint density at radius 1 is 1.04 bits per heavy atom. The van der Waals surface area contributed by atoms with Crippen LogP contribution in [0, 0.1) is 6.92 Å². The van der Waals surface area contributed by atoms with E-state index in [2.05, 4.69) is 9.71 Å². The first-order chi connectivity index (χ1) is 11.3. The van der Waals surface area contributed by atoms with Crippen LogP contribution in [0.15, 0.2) is 52.7 Å². The molecule has 0 bridgehead atoms. The third-order valence-corrected chi connectivity index (χ3v) is 6.25. The van der Waals surface area contributed by atoms with Crippen LogP contribution in [-0.4, -0.2) is 13.4 Å². The number of aryl methyl sites for hydroxylation is 1. The molecular weight excluding hydrogens is 387 g/mol. The molecule has 0 saturated heterocycles. The number of rotatable bonds is 4. The smallest absolute Gasteiger partial charge is 0.255 e. The lowest BCUT2D eigenvalue weighted by molar-refractivity contribution is 0.601. The van der Waals surface area contributed by atoms with Gasteiger partial charge in [-0.25, -0.2) is 13.4 Å². The maximum Gasteiger partial charge on any atom is 0.263 e. The molecule has 3 rings (SSSR count). The first kappa shape index (κ1) is 17.2. The Hall–Kier alpha value is -1.60. The molecule has 0 radical (unpaired) electrons. The molecule has 124 valence electrons. The minimum Gasteiger partial charge on any atom is -0.255 e. The lowest BCUT2D eigenvalue weighted by Crippen LogP contribution is -2.12. The van der Waals surface area contributed by atoms with Crippen molar-refractivity contribution in [3.8, 4) is 11.3 Å². The SMILES string of the molecule is Cc1ccc(S(=O)(=O)Nc2nc(-c3ccc(Cl)c(Cl)c3)cs2)cc1. The number of halogens is 2. The third kappa shape index (κ3) is 3.72. The molecule has 3 aromatic rings. The van der Waals surface area contributed by atoms with Crippen molar-refractivity contribution in [3.63, 3.8) is 0 Å². The van der Waals surface area contributed by atoms with Crippen LogP contribution in [0.2, 0.25) is 10.0 Å². The molecule has 0 unspecified atom stereocenters. The number of hydrogen-bond acceptors (Lipinski definition) is 4. The average Bonchev–Trinajstić information content (AvgIpc) is 2.98. The first-order valence-electron chi connectivity index (χ1n) is 6.85. The molecule has 1 N–H and O–H groups in total. The number of hydrogen-bond donors (Lipinski definition) is 1. The summed E-state index contributed by atoms with van der Waals surface area (Å²) in [5.41, 5.74) is 2.38. The molecule has 0 atom stereocenters. The van der Waals surface area contributed by atoms with Gasteiger partial charge in [-0.15, -0.1) is 11.3 Å². The highest BCUT2D eigenvalue weighted by Gasteiger charge is 2.16. The lowest BCUT2D eigenvalue weighted by Gasteiger charge is -2.05. The topological polar surface area (TPSA) is 59.1 Å². The molecule has 1 aromatic heterocycles. The predicted molar refractivity (Wildman–Crippen MR) is 99.6 cm³/mol. The van der Waals surface area contributed by atoms with Crippen molar-refractivity contribution >= 4 is 49.7 Å². The zero-order valence-corrected chi connectivity index (χ0v) is 15.6. The third-order valence-electron chi connectivity index (χ3n) is 3.27. The van der Waals surface area contributed by atoms with Crippen LogP contribution >= 0.6 is 34.5 Å². The fraction of sp³-hybridized carbons (Fsp3) is 0.0625. The van der Waals surface area contributed by atoms with E-state index in [0.29, 0.717) is 15.7 Å². The molecule has 0 aliphatic carbocycles. The van der Waals surface area contributed by atoms with Crippen LogP contribution in [0.5, 0.6) is 0 Å². The van der Waals surface area contributed by atoms with Crippen molar-refractivity contribution < 1.29 is 8.42 Å². The van der Waals surface area contributed by atoms with Crippen LogP contribution in [0.3, 0.4) is 0 Å². The van der Waals surface area contributed by atoms with E-state index in [1.165, 1.54) is 11.3 Å². The van der Waals surface area contributed by atoms with Crippen LogP contribution in [0.4, 0.5) is 5.13 Å². The second-order valence-electron chi connectivity index (χ2n) is 5.09. The molecule has 0 amide bonds. The van der Waals surface area contributed by atoms with Crippen molar-refractivity contribution in [1.29, 1.82) is 0 Å². The Balaban J connectivity index is 1.85. The number of anilines is 1. The van der Waals surface area contributed by atoms with Gasteiger partial charge in [-0.1, -0.05) is 47.0 Å². The zero-order chi connectivity index (χ0) is 17.3. The summed E-state index contributed by atoms with van der Waals surface area (Å²) in [5, 5.41) is 2.92. The summed E-state index contributed by atoms with van der Waals surface area (Å²) in [7, 11) is -3.66. The molecule has 8 heteroatoms. The van der Waals surface area contributed by atoms with Crippen LogP contribution in [-0.2, 0) is 10.0 Å². The molecular formula is C16H12Cl2N2O2S2. The standard InChI is InChI=1S/C16H12Cl2N2O2S2/c1-10-2-5-12(6-3-10)24(21,22)20-16-19-15(9-23-16)11-4-7-13(17)14(18)8-11/h2-9H,1H3,(H,19,20). The van der Waals surface area contributed by atoms with Crippen molar-refractivity contribution in [3.05, 3.63) is 63.5 Å². The number of aromatic nitrogens is 1. The van der Waals surface area contributed by atoms with Crippen LogP contribution in [0.25, 0.3) is 11.3 Å². The Bertz CT molecular complexity index is 984. The molecule has 0 spiro atoms. The van der Waals surface area contributed by atoms with E-state index < -0.39 is 10.0 Å². The van der Waals surface area contributed by atoms with Crippen molar-refractivity contribution in [2.45, 2.75) is 11.8 Å². The average molecular weight is 399 g/mol. The molecule has 1 heterocycles. The minimum absolute atomic E-state index is 0.194. The van der Waals surface area contributed by atoms with E-state index in [1.807, 2.05) is 6.92 Å². The van der Waals surface area contributed by atoms with E-state index in [9.17, 15) is 8.42 Å². The first-order valence-corrected chi connectivity index (χ1v) is 9.97. The molecule has 0 aliphatic rings. The fourth-order valence-electron chi connectivity index (χ4n) is 2.00. The second kappa shape index (κ2) is 6.72. The van der Waals surface area contributed by atoms with Crippen LogP contribution < -0.4 is 4.72 Å². The van der Waals surface area contributed by atoms with Gasteiger partial charge in [0, 0.05) is 10.9 Å². The summed E-state index contributed by atoms with van der Waals surface area (Å²) in [6.07, 6.45) is 0. The normalized spacial score (nSPS) is 11.5. The van der Waals surface area contributed by atoms with Gasteiger partial charge in [-0.3, -0.25) is 4.72 Å². The largest absolute Gasteiger partial charge is 0.263 e. The van der Waals surface area contributed by atoms with Crippen LogP contribution in [0.1, 0.15) is 5.56 Å². The van der Waals surface area contributed by atoms with Gasteiger partial charge in [0.05, 0.1) is 20.6 Å². The van der Waals surface area contributed by atoms with E-state index in [0.717, 1.165) is 11.1 Å². The highest BCUT2D eigenvalue weighted by molar-refractivity contribution is 7.93. The molecule has 0 aliphatic heterocycles. The maximum absolute atomic E-state index is 12.4. The summed E-state index contributed by atoms with van der Waals surface area (Å²) in [5.74, 6) is 0. The monoisotopic (exact) mass is 398 g/mol. The molecule has 0 fully saturated rings. The van der Waals surface area contributed by atoms with Gasteiger partial charge in [-0.05, 0) is 31.2 Å². The molecule has 24 heavy (non-hydrogen) atoms. The van der Waals surface area contributed by atoms with Crippen molar-refractivity contribution in [1.82, 2.24) is 4.98 Å². The van der Waals surface area contributed by atoms with Gasteiger partial charge in [0.1, 0.15) is 0 Å². The van der Waals surface area contributed by atoms with Gasteiger partial charge in [0.2, 0.25) is 0 Å². The Labute approximate surface area is 154 Å². The fourth-order valence-corrected chi connectivity index (χ4v) is 4.27. The molecule has 4 nitrogen and oxygen atoms in total. The van der Waals surface area contributed by atoms with Gasteiger partial charge in [-0.2, -0.15) is 0 Å². The Morgan fingerprint density at radius 2 is 1.75 bits per heavy atom. The summed E-state index contributed by atoms with van der Waals surface area (Å²) >= 11 is 13.1. The number of sulfonamides is 1. The van der Waals surface area contributed by atoms with Gasteiger partial charge in [0.25, 0.3) is 10.0 Å². The Kier molecular flexibility index (Phi) is 4.83. The predicted octanol–water partition coefficient (Wildman–Crippen LogP) is 5.23. The summed E-state index contributed by atoms with van der Waals surface area (Å²) in [6, 6.07) is 11.8. The molecule has 0 saturated carbocycles. The van der Waals surface area contributed by atoms with E-state index in [-0.39, 0.29) is 10.0 Å². The summed E-state index contributed by atoms with van der Waals surface area (Å²) in [4.78, 5) is 4.50. The Morgan fingerprint density at radius 3 is 2.42 bits per heavy atom. The van der Waals surface area contributed by atoms with Gasteiger partial charge < -0.3 is 0 Å². The van der Waals surface area contributed by atoms with E-state index in [4.69, 9.17) is 23.2 Å². The summed E-state index contributed by atoms with van der Waals surface area (Å²) in [6.45, 7) is 1.90. The highest BCUT2D eigenvalue weighted by atomic mass is 35.5. The van der Waals surface area contributed by atoms with Crippen molar-refractivity contribution in [2.24, 2.45) is 0 Å². The highest BCUT2D eigenvalue weighted by Crippen LogP contribution is 2.31. The van der Waals surface area contributed by atoms with Gasteiger partial charge in [0.15, 0.2) is 5.13 Å². The number of benzene rings is 2. The number of nitrogens with one attached hydrogen (secondary N) is 1. The maximum atomic E-state index is 12.4. The lowest BCUT2D eigenvalue weighted by atomic mass is 10.2. The van der Waals surface area contributed by atoms with Crippen molar-refractivity contribution in [2.75, 3.05) is 4.72 Å². The van der Waals surface area contributed by atoms with E-state index in [1.54, 1.807) is 47.8 Å². The van der Waals surface area contributed by atoms with E-state index >= 15 is 0 Å². The second-order valence-corrected chi connectivity index (χ2v) is 8.44. The number of nitrogens with zero attached hydrogens (tertiary/aromatic N) is 1. The number of thiazole rings is 1. The quantitative estimate of drug-likeness (QED) is 0.654. The zero-order valence-electron chi connectivity index (χ0n) is 12.5. The summed E-state index contributed by atoms with van der Waals surface area (Å²) < 4.78 is 27.2. The van der Waals surface area contributed by atoms with Gasteiger partial charge >= 0.3 is 0 Å².